The summed E-state index contributed by atoms with van der Waals surface area (Å²) in [6, 6.07) is 5.99. The first-order valence-electron chi connectivity index (χ1n) is 6.10. The molecular formula is C13H13N3O4. The Labute approximate surface area is 115 Å². The summed E-state index contributed by atoms with van der Waals surface area (Å²) in [7, 11) is 0. The van der Waals surface area contributed by atoms with Gasteiger partial charge in [-0.3, -0.25) is 14.9 Å². The third kappa shape index (κ3) is 2.40. The van der Waals surface area contributed by atoms with E-state index in [2.05, 4.69) is 0 Å². The van der Waals surface area contributed by atoms with Crippen LogP contribution >= 0.6 is 0 Å². The normalized spacial score (nSPS) is 21.5. The van der Waals surface area contributed by atoms with Crippen molar-refractivity contribution >= 4 is 17.3 Å². The lowest BCUT2D eigenvalue weighted by molar-refractivity contribution is -0.384. The number of nitriles is 1. The number of hydrogen-bond acceptors (Lipinski definition) is 5. The summed E-state index contributed by atoms with van der Waals surface area (Å²) in [6.07, 6.45) is 0. The summed E-state index contributed by atoms with van der Waals surface area (Å²) in [4.78, 5) is 23.0. The zero-order chi connectivity index (χ0) is 14.9. The summed E-state index contributed by atoms with van der Waals surface area (Å²) in [5, 5.41) is 28.9. The minimum atomic E-state index is -0.861. The summed E-state index contributed by atoms with van der Waals surface area (Å²) < 4.78 is 0. The van der Waals surface area contributed by atoms with Crippen molar-refractivity contribution in [3.05, 3.63) is 33.9 Å². The molecule has 104 valence electrons. The molecule has 1 saturated heterocycles. The Bertz CT molecular complexity index is 608. The molecule has 0 spiro atoms. The number of non-ortho nitro benzene ring substituents is 1. The van der Waals surface area contributed by atoms with Gasteiger partial charge in [0.2, 0.25) is 0 Å². The number of nitro benzene ring substituents is 1. The van der Waals surface area contributed by atoms with Crippen molar-refractivity contribution in [2.75, 3.05) is 18.0 Å². The summed E-state index contributed by atoms with van der Waals surface area (Å²) in [5.74, 6) is -1.38. The van der Waals surface area contributed by atoms with Gasteiger partial charge in [-0.15, -0.1) is 0 Å². The monoisotopic (exact) mass is 275 g/mol. The molecule has 0 aliphatic carbocycles. The van der Waals surface area contributed by atoms with Crippen molar-refractivity contribution in [1.82, 2.24) is 0 Å². The second-order valence-corrected chi connectivity index (χ2v) is 4.90. The number of carbonyl (C=O) groups is 1. The third-order valence-electron chi connectivity index (χ3n) is 3.58. The number of nitro groups is 1. The Morgan fingerprint density at radius 2 is 2.25 bits per heavy atom. The SMILES string of the molecule is CC1CN(c2ccc([N+](=O)[O-])cc2C#N)CC1C(=O)O. The minimum Gasteiger partial charge on any atom is -0.481 e. The molecule has 0 aromatic heterocycles. The highest BCUT2D eigenvalue weighted by molar-refractivity contribution is 5.73. The fourth-order valence-corrected chi connectivity index (χ4v) is 2.49. The molecule has 1 fully saturated rings. The number of benzene rings is 1. The predicted molar refractivity (Wildman–Crippen MR) is 70.3 cm³/mol. The largest absolute Gasteiger partial charge is 0.481 e. The molecule has 2 rings (SSSR count). The number of rotatable bonds is 3. The number of anilines is 1. The third-order valence-corrected chi connectivity index (χ3v) is 3.58. The molecule has 2 unspecified atom stereocenters. The zero-order valence-corrected chi connectivity index (χ0v) is 10.8. The average Bonchev–Trinajstić information content (AvgIpc) is 2.80. The number of carboxylic acids is 1. The molecule has 1 aliphatic rings. The second kappa shape index (κ2) is 5.17. The molecule has 7 nitrogen and oxygen atoms in total. The molecule has 1 aromatic rings. The molecule has 1 N–H and O–H groups in total. The van der Waals surface area contributed by atoms with E-state index < -0.39 is 16.8 Å². The van der Waals surface area contributed by atoms with Crippen LogP contribution in [0.4, 0.5) is 11.4 Å². The van der Waals surface area contributed by atoms with Gasteiger partial charge in [0.1, 0.15) is 6.07 Å². The average molecular weight is 275 g/mol. The summed E-state index contributed by atoms with van der Waals surface area (Å²) >= 11 is 0. The molecule has 20 heavy (non-hydrogen) atoms. The molecule has 0 amide bonds. The van der Waals surface area contributed by atoms with Crippen LogP contribution in [0.3, 0.4) is 0 Å². The van der Waals surface area contributed by atoms with Crippen LogP contribution in [0.1, 0.15) is 12.5 Å². The van der Waals surface area contributed by atoms with Gasteiger partial charge in [0, 0.05) is 25.2 Å². The second-order valence-electron chi connectivity index (χ2n) is 4.90. The predicted octanol–water partition coefficient (Wildman–Crippen LogP) is 1.62. The van der Waals surface area contributed by atoms with Gasteiger partial charge in [-0.2, -0.15) is 5.26 Å². The van der Waals surface area contributed by atoms with Gasteiger partial charge >= 0.3 is 5.97 Å². The van der Waals surface area contributed by atoms with Crippen molar-refractivity contribution in [3.63, 3.8) is 0 Å². The molecule has 1 aromatic carbocycles. The van der Waals surface area contributed by atoms with E-state index in [1.165, 1.54) is 18.2 Å². The van der Waals surface area contributed by atoms with E-state index >= 15 is 0 Å². The smallest absolute Gasteiger partial charge is 0.308 e. The van der Waals surface area contributed by atoms with Crippen LogP contribution < -0.4 is 4.90 Å². The molecule has 0 radical (unpaired) electrons. The fraction of sp³-hybridized carbons (Fsp3) is 0.385. The Balaban J connectivity index is 2.33. The molecule has 1 heterocycles. The molecule has 0 bridgehead atoms. The van der Waals surface area contributed by atoms with Crippen molar-refractivity contribution in [2.24, 2.45) is 11.8 Å². The Morgan fingerprint density at radius 1 is 1.55 bits per heavy atom. The highest BCUT2D eigenvalue weighted by Crippen LogP contribution is 2.32. The lowest BCUT2D eigenvalue weighted by atomic mass is 9.99. The van der Waals surface area contributed by atoms with E-state index in [0.29, 0.717) is 18.8 Å². The van der Waals surface area contributed by atoms with Gasteiger partial charge in [0.25, 0.3) is 5.69 Å². The molecular weight excluding hydrogens is 262 g/mol. The van der Waals surface area contributed by atoms with Crippen LogP contribution in [0.15, 0.2) is 18.2 Å². The van der Waals surface area contributed by atoms with Gasteiger partial charge < -0.3 is 10.0 Å². The van der Waals surface area contributed by atoms with E-state index in [1.54, 1.807) is 4.90 Å². The highest BCUT2D eigenvalue weighted by Gasteiger charge is 2.35. The van der Waals surface area contributed by atoms with Crippen molar-refractivity contribution in [2.45, 2.75) is 6.92 Å². The van der Waals surface area contributed by atoms with Crippen LogP contribution in [0.5, 0.6) is 0 Å². The van der Waals surface area contributed by atoms with Gasteiger partial charge in [-0.1, -0.05) is 6.92 Å². The van der Waals surface area contributed by atoms with Crippen LogP contribution in [-0.4, -0.2) is 29.1 Å². The van der Waals surface area contributed by atoms with E-state index in [0.717, 1.165) is 0 Å². The first-order valence-corrected chi connectivity index (χ1v) is 6.10. The maximum absolute atomic E-state index is 11.1. The Morgan fingerprint density at radius 3 is 2.75 bits per heavy atom. The van der Waals surface area contributed by atoms with Crippen molar-refractivity contribution < 1.29 is 14.8 Å². The van der Waals surface area contributed by atoms with Gasteiger partial charge in [0.15, 0.2) is 0 Å². The van der Waals surface area contributed by atoms with E-state index in [4.69, 9.17) is 10.4 Å². The van der Waals surface area contributed by atoms with E-state index in [9.17, 15) is 14.9 Å². The highest BCUT2D eigenvalue weighted by atomic mass is 16.6. The maximum Gasteiger partial charge on any atom is 0.308 e. The van der Waals surface area contributed by atoms with Gasteiger partial charge in [0.05, 0.1) is 22.1 Å². The molecule has 2 atom stereocenters. The number of aliphatic carboxylic acids is 1. The zero-order valence-electron chi connectivity index (χ0n) is 10.8. The minimum absolute atomic E-state index is 0.0331. The number of hydrogen-bond donors (Lipinski definition) is 1. The van der Waals surface area contributed by atoms with Crippen LogP contribution in [0.25, 0.3) is 0 Å². The van der Waals surface area contributed by atoms with E-state index in [1.807, 2.05) is 13.0 Å². The standard InChI is InChI=1S/C13H13N3O4/c1-8-6-15(7-11(8)13(17)18)12-3-2-10(16(19)20)4-9(12)5-14/h2-4,8,11H,6-7H2,1H3,(H,17,18). The lowest BCUT2D eigenvalue weighted by Crippen LogP contribution is -2.23. The van der Waals surface area contributed by atoms with Crippen LogP contribution in [-0.2, 0) is 4.79 Å². The fourth-order valence-electron chi connectivity index (χ4n) is 2.49. The quantitative estimate of drug-likeness (QED) is 0.663. The summed E-state index contributed by atoms with van der Waals surface area (Å²) in [5.41, 5.74) is 0.596. The number of nitrogens with zero attached hydrogens (tertiary/aromatic N) is 3. The number of carboxylic acid groups (broad SMARTS) is 1. The van der Waals surface area contributed by atoms with Gasteiger partial charge in [-0.05, 0) is 12.0 Å². The first kappa shape index (κ1) is 13.8. The van der Waals surface area contributed by atoms with Crippen molar-refractivity contribution in [1.29, 1.82) is 5.26 Å². The molecule has 7 heteroatoms. The molecule has 1 aliphatic heterocycles. The Kier molecular flexibility index (Phi) is 3.57. The Hall–Kier alpha value is -2.62. The first-order chi connectivity index (χ1) is 9.43. The summed E-state index contributed by atoms with van der Waals surface area (Å²) in [6.45, 7) is 2.67. The molecule has 0 saturated carbocycles. The van der Waals surface area contributed by atoms with Gasteiger partial charge in [-0.25, -0.2) is 0 Å². The maximum atomic E-state index is 11.1. The van der Waals surface area contributed by atoms with E-state index in [-0.39, 0.29) is 17.2 Å². The van der Waals surface area contributed by atoms with Crippen molar-refractivity contribution in [3.8, 4) is 6.07 Å². The van der Waals surface area contributed by atoms with Crippen LogP contribution in [0.2, 0.25) is 0 Å². The lowest BCUT2D eigenvalue weighted by Gasteiger charge is -2.19. The topological polar surface area (TPSA) is 107 Å². The van der Waals surface area contributed by atoms with Crippen LogP contribution in [0, 0.1) is 33.3 Å².